The maximum atomic E-state index is 13.7. The van der Waals surface area contributed by atoms with Crippen molar-refractivity contribution in [3.63, 3.8) is 0 Å². The number of halogens is 1. The molecule has 5 heteroatoms. The SMILES string of the molecule is COc1ccc([C@@H](C)NC(=O)COc2c(C)cccc2C)cc1F. The molecule has 0 spiro atoms. The van der Waals surface area contributed by atoms with Gasteiger partial charge in [-0.2, -0.15) is 0 Å². The molecule has 0 aromatic heterocycles. The molecule has 24 heavy (non-hydrogen) atoms. The smallest absolute Gasteiger partial charge is 0.258 e. The summed E-state index contributed by atoms with van der Waals surface area (Å²) < 4.78 is 24.3. The lowest BCUT2D eigenvalue weighted by Gasteiger charge is -2.16. The van der Waals surface area contributed by atoms with Crippen LogP contribution < -0.4 is 14.8 Å². The fourth-order valence-corrected chi connectivity index (χ4v) is 2.48. The molecular weight excluding hydrogens is 309 g/mol. The highest BCUT2D eigenvalue weighted by Crippen LogP contribution is 2.23. The molecule has 0 saturated heterocycles. The van der Waals surface area contributed by atoms with Gasteiger partial charge in [0.2, 0.25) is 0 Å². The van der Waals surface area contributed by atoms with Gasteiger partial charge in [-0.3, -0.25) is 4.79 Å². The number of carbonyl (C=O) groups is 1. The molecule has 0 unspecified atom stereocenters. The molecule has 2 aromatic rings. The second-order valence-electron chi connectivity index (χ2n) is 5.69. The van der Waals surface area contributed by atoms with Gasteiger partial charge >= 0.3 is 0 Å². The quantitative estimate of drug-likeness (QED) is 0.878. The number of amides is 1. The van der Waals surface area contributed by atoms with Gasteiger partial charge < -0.3 is 14.8 Å². The van der Waals surface area contributed by atoms with Gasteiger partial charge in [0.25, 0.3) is 5.91 Å². The Labute approximate surface area is 141 Å². The molecular formula is C19H22FNO3. The van der Waals surface area contributed by atoms with E-state index in [1.54, 1.807) is 19.1 Å². The molecule has 0 aliphatic carbocycles. The van der Waals surface area contributed by atoms with Crippen LogP contribution in [0.5, 0.6) is 11.5 Å². The summed E-state index contributed by atoms with van der Waals surface area (Å²) in [5, 5.41) is 2.80. The van der Waals surface area contributed by atoms with Crippen molar-refractivity contribution >= 4 is 5.91 Å². The van der Waals surface area contributed by atoms with Crippen LogP contribution in [-0.4, -0.2) is 19.6 Å². The van der Waals surface area contributed by atoms with Gasteiger partial charge in [0.05, 0.1) is 13.2 Å². The molecule has 2 rings (SSSR count). The molecule has 0 aliphatic heterocycles. The Morgan fingerprint density at radius 2 is 1.88 bits per heavy atom. The van der Waals surface area contributed by atoms with Crippen molar-refractivity contribution in [3.8, 4) is 11.5 Å². The number of methoxy groups -OCH3 is 1. The lowest BCUT2D eigenvalue weighted by atomic mass is 10.1. The molecule has 1 atom stereocenters. The van der Waals surface area contributed by atoms with E-state index in [2.05, 4.69) is 5.32 Å². The lowest BCUT2D eigenvalue weighted by molar-refractivity contribution is -0.123. The van der Waals surface area contributed by atoms with Gasteiger partial charge in [0.15, 0.2) is 18.2 Å². The predicted octanol–water partition coefficient (Wildman–Crippen LogP) is 3.71. The van der Waals surface area contributed by atoms with Gasteiger partial charge in [-0.15, -0.1) is 0 Å². The van der Waals surface area contributed by atoms with E-state index in [-0.39, 0.29) is 24.3 Å². The molecule has 1 N–H and O–H groups in total. The van der Waals surface area contributed by atoms with Crippen molar-refractivity contribution in [1.82, 2.24) is 5.32 Å². The number of carbonyl (C=O) groups excluding carboxylic acids is 1. The van der Waals surface area contributed by atoms with E-state index in [1.807, 2.05) is 32.0 Å². The molecule has 0 aliphatic rings. The van der Waals surface area contributed by atoms with Crippen LogP contribution in [0.15, 0.2) is 36.4 Å². The zero-order valence-corrected chi connectivity index (χ0v) is 14.4. The van der Waals surface area contributed by atoms with Crippen molar-refractivity contribution in [1.29, 1.82) is 0 Å². The Morgan fingerprint density at radius 3 is 2.46 bits per heavy atom. The minimum atomic E-state index is -0.456. The Morgan fingerprint density at radius 1 is 1.21 bits per heavy atom. The van der Waals surface area contributed by atoms with E-state index in [4.69, 9.17) is 9.47 Å². The first-order chi connectivity index (χ1) is 11.4. The van der Waals surface area contributed by atoms with Gasteiger partial charge in [0, 0.05) is 0 Å². The van der Waals surface area contributed by atoms with Gasteiger partial charge in [-0.05, 0) is 49.6 Å². The van der Waals surface area contributed by atoms with E-state index in [0.29, 0.717) is 5.56 Å². The van der Waals surface area contributed by atoms with Crippen LogP contribution in [0.4, 0.5) is 4.39 Å². The first-order valence-electron chi connectivity index (χ1n) is 7.74. The van der Waals surface area contributed by atoms with Crippen molar-refractivity contribution in [3.05, 3.63) is 58.9 Å². The summed E-state index contributed by atoms with van der Waals surface area (Å²) in [6.07, 6.45) is 0. The molecule has 1 amide bonds. The van der Waals surface area contributed by atoms with Gasteiger partial charge in [-0.1, -0.05) is 24.3 Å². The summed E-state index contributed by atoms with van der Waals surface area (Å²) in [5.41, 5.74) is 2.62. The van der Waals surface area contributed by atoms with Crippen LogP contribution in [0.3, 0.4) is 0 Å². The molecule has 4 nitrogen and oxygen atoms in total. The van der Waals surface area contributed by atoms with Gasteiger partial charge in [0.1, 0.15) is 5.75 Å². The zero-order chi connectivity index (χ0) is 17.7. The van der Waals surface area contributed by atoms with E-state index in [1.165, 1.54) is 13.2 Å². The van der Waals surface area contributed by atoms with E-state index in [0.717, 1.165) is 16.9 Å². The molecule has 0 fully saturated rings. The molecule has 0 bridgehead atoms. The van der Waals surface area contributed by atoms with Crippen molar-refractivity contribution in [2.45, 2.75) is 26.8 Å². The highest BCUT2D eigenvalue weighted by molar-refractivity contribution is 5.78. The molecule has 0 saturated carbocycles. The fraction of sp³-hybridized carbons (Fsp3) is 0.316. The Balaban J connectivity index is 1.95. The van der Waals surface area contributed by atoms with Crippen LogP contribution in [0.25, 0.3) is 0 Å². The Hall–Kier alpha value is -2.56. The molecule has 128 valence electrons. The van der Waals surface area contributed by atoms with Crippen LogP contribution in [-0.2, 0) is 4.79 Å². The van der Waals surface area contributed by atoms with E-state index >= 15 is 0 Å². The number of benzene rings is 2. The average molecular weight is 331 g/mol. The molecule has 0 radical (unpaired) electrons. The third-order valence-corrected chi connectivity index (χ3v) is 3.81. The number of hydrogen-bond acceptors (Lipinski definition) is 3. The van der Waals surface area contributed by atoms with Crippen LogP contribution in [0.1, 0.15) is 29.7 Å². The monoisotopic (exact) mass is 331 g/mol. The zero-order valence-electron chi connectivity index (χ0n) is 14.4. The standard InChI is InChI=1S/C19H22FNO3/c1-12-6-5-7-13(2)19(12)24-11-18(22)21-14(3)15-8-9-17(23-4)16(20)10-15/h5-10,14H,11H2,1-4H3,(H,21,22)/t14-/m1/s1. The van der Waals surface area contributed by atoms with Gasteiger partial charge in [-0.25, -0.2) is 4.39 Å². The minimum Gasteiger partial charge on any atom is -0.494 e. The van der Waals surface area contributed by atoms with Crippen molar-refractivity contribution in [2.24, 2.45) is 0 Å². The maximum Gasteiger partial charge on any atom is 0.258 e. The first-order valence-corrected chi connectivity index (χ1v) is 7.74. The summed E-state index contributed by atoms with van der Waals surface area (Å²) in [7, 11) is 1.41. The van der Waals surface area contributed by atoms with Crippen molar-refractivity contribution < 1.29 is 18.7 Å². The number of nitrogens with one attached hydrogen (secondary N) is 1. The molecule has 2 aromatic carbocycles. The minimum absolute atomic E-state index is 0.0886. The fourth-order valence-electron chi connectivity index (χ4n) is 2.48. The topological polar surface area (TPSA) is 47.6 Å². The highest BCUT2D eigenvalue weighted by Gasteiger charge is 2.13. The summed E-state index contributed by atoms with van der Waals surface area (Å²) >= 11 is 0. The maximum absolute atomic E-state index is 13.7. The normalized spacial score (nSPS) is 11.7. The second kappa shape index (κ2) is 7.81. The summed E-state index contributed by atoms with van der Waals surface area (Å²) in [4.78, 5) is 12.1. The van der Waals surface area contributed by atoms with E-state index in [9.17, 15) is 9.18 Å². The lowest BCUT2D eigenvalue weighted by Crippen LogP contribution is -2.31. The third kappa shape index (κ3) is 4.25. The number of rotatable bonds is 6. The average Bonchev–Trinajstić information content (AvgIpc) is 2.54. The van der Waals surface area contributed by atoms with Crippen LogP contribution >= 0.6 is 0 Å². The van der Waals surface area contributed by atoms with Crippen LogP contribution in [0.2, 0.25) is 0 Å². The largest absolute Gasteiger partial charge is 0.494 e. The Bertz CT molecular complexity index is 710. The highest BCUT2D eigenvalue weighted by atomic mass is 19.1. The summed E-state index contributed by atoms with van der Waals surface area (Å²) in [5.74, 6) is 0.177. The second-order valence-corrected chi connectivity index (χ2v) is 5.69. The number of hydrogen-bond donors (Lipinski definition) is 1. The summed E-state index contributed by atoms with van der Waals surface area (Å²) in [6, 6.07) is 10.1. The molecule has 0 heterocycles. The van der Waals surface area contributed by atoms with Crippen molar-refractivity contribution in [2.75, 3.05) is 13.7 Å². The number of para-hydroxylation sites is 1. The summed E-state index contributed by atoms with van der Waals surface area (Å²) in [6.45, 7) is 5.57. The van der Waals surface area contributed by atoms with E-state index < -0.39 is 5.82 Å². The number of ether oxygens (including phenoxy) is 2. The first kappa shape index (κ1) is 17.8. The number of aryl methyl sites for hydroxylation is 2. The van der Waals surface area contributed by atoms with Crippen LogP contribution in [0, 0.1) is 19.7 Å². The third-order valence-electron chi connectivity index (χ3n) is 3.81. The predicted molar refractivity (Wildman–Crippen MR) is 90.9 cm³/mol. The Kier molecular flexibility index (Phi) is 5.79.